The largest absolute Gasteiger partial charge is 0.480 e. The van der Waals surface area contributed by atoms with E-state index < -0.39 is 12.5 Å². The Bertz CT molecular complexity index is 62.6. The zero-order valence-corrected chi connectivity index (χ0v) is 2.51. The lowest BCUT2D eigenvalue weighted by molar-refractivity contribution is -0.135. The fourth-order valence-electron chi connectivity index (χ4n) is 0. The van der Waals surface area contributed by atoms with Gasteiger partial charge in [0.15, 0.2) is 0 Å². The number of carbonyl (C=O) groups is 1. The van der Waals surface area contributed by atoms with Crippen molar-refractivity contribution in [2.75, 3.05) is 6.52 Å². The van der Waals surface area contributed by atoms with Crippen LogP contribution in [-0.2, 0) is 4.79 Å². The molecular weight excluding hydrogens is 70.0 g/mol. The molecule has 0 bridgehead atoms. The van der Waals surface area contributed by atoms with E-state index in [1.165, 1.54) is 0 Å². The Morgan fingerprint density at radius 1 is 2.40 bits per heavy atom. The topological polar surface area (TPSA) is 63.3 Å². The van der Waals surface area contributed by atoms with Crippen LogP contribution < -0.4 is 5.73 Å². The molecule has 0 aromatic rings. The van der Waals surface area contributed by atoms with Gasteiger partial charge in [0.25, 0.3) is 0 Å². The molecule has 0 heterocycles. The standard InChI is InChI=1S/C2H5NO2/c3-1-2(4)5/h1,3H2,(H,4,5)/i1D/t1-/m0/s1. The Labute approximate surface area is 30.8 Å². The first kappa shape index (κ1) is 2.66. The maximum atomic E-state index is 9.39. The van der Waals surface area contributed by atoms with Crippen LogP contribution in [0.15, 0.2) is 0 Å². The first-order valence-electron chi connectivity index (χ1n) is 1.63. The third-order valence-electron chi connectivity index (χ3n) is 0.143. The van der Waals surface area contributed by atoms with Crippen LogP contribution in [0, 0.1) is 0 Å². The lowest BCUT2D eigenvalue weighted by Crippen LogP contribution is -2.10. The molecule has 0 radical (unpaired) electrons. The summed E-state index contributed by atoms with van der Waals surface area (Å²) in [5.41, 5.74) is 4.50. The lowest BCUT2D eigenvalue weighted by Gasteiger charge is -1.73. The highest BCUT2D eigenvalue weighted by molar-refractivity contribution is 5.68. The molecule has 0 fully saturated rings. The third-order valence-corrected chi connectivity index (χ3v) is 0.143. The van der Waals surface area contributed by atoms with Gasteiger partial charge in [-0.05, 0) is 0 Å². The van der Waals surface area contributed by atoms with Crippen LogP contribution in [0.5, 0.6) is 0 Å². The van der Waals surface area contributed by atoms with Crippen molar-refractivity contribution >= 4 is 5.97 Å². The van der Waals surface area contributed by atoms with E-state index in [1.807, 2.05) is 0 Å². The molecule has 3 N–H and O–H groups in total. The zero-order valence-electron chi connectivity index (χ0n) is 3.51. The maximum Gasteiger partial charge on any atom is 0.317 e. The maximum absolute atomic E-state index is 9.39. The van der Waals surface area contributed by atoms with Crippen molar-refractivity contribution in [1.82, 2.24) is 0 Å². The van der Waals surface area contributed by atoms with Crippen molar-refractivity contribution < 1.29 is 11.3 Å². The van der Waals surface area contributed by atoms with Gasteiger partial charge in [0.05, 0.1) is 7.89 Å². The summed E-state index contributed by atoms with van der Waals surface area (Å²) in [5.74, 6) is -1.30. The fraction of sp³-hybridized carbons (Fsp3) is 0.500. The molecule has 3 nitrogen and oxygen atoms in total. The van der Waals surface area contributed by atoms with Gasteiger partial charge in [0.1, 0.15) is 0 Å². The second-order valence-electron chi connectivity index (χ2n) is 0.505. The SMILES string of the molecule is [2H][C@H](N)C(=O)O. The van der Waals surface area contributed by atoms with Gasteiger partial charge in [0, 0.05) is 0 Å². The van der Waals surface area contributed by atoms with Crippen molar-refractivity contribution in [3.63, 3.8) is 0 Å². The molecule has 0 unspecified atom stereocenters. The smallest absolute Gasteiger partial charge is 0.317 e. The molecule has 5 heavy (non-hydrogen) atoms. The summed E-state index contributed by atoms with van der Waals surface area (Å²) >= 11 is 0. The van der Waals surface area contributed by atoms with E-state index in [0.29, 0.717) is 0 Å². The Kier molecular flexibility index (Phi) is 0.914. The second-order valence-corrected chi connectivity index (χ2v) is 0.505. The summed E-state index contributed by atoms with van der Waals surface area (Å²) < 4.78 is 6.21. The molecule has 0 amide bonds. The summed E-state index contributed by atoms with van der Waals surface area (Å²) in [4.78, 5) is 9.39. The predicted molar refractivity (Wildman–Crippen MR) is 16.7 cm³/mol. The molecular formula is C2H5NO2. The van der Waals surface area contributed by atoms with Crippen LogP contribution in [0.1, 0.15) is 1.37 Å². The quantitative estimate of drug-likeness (QED) is 0.422. The average Bonchev–Trinajstić information content (AvgIpc) is 1.36. The van der Waals surface area contributed by atoms with Crippen LogP contribution in [0.4, 0.5) is 0 Å². The van der Waals surface area contributed by atoms with Crippen molar-refractivity contribution in [1.29, 1.82) is 0 Å². The minimum Gasteiger partial charge on any atom is -0.480 e. The number of hydrogen-bond donors (Lipinski definition) is 2. The molecule has 0 rings (SSSR count). The summed E-state index contributed by atoms with van der Waals surface area (Å²) in [5, 5.41) is 7.68. The van der Waals surface area contributed by atoms with E-state index in [4.69, 9.17) is 6.48 Å². The molecule has 0 saturated heterocycles. The Balaban J connectivity index is 3.26. The summed E-state index contributed by atoms with van der Waals surface area (Å²) in [6.45, 7) is -1.48. The lowest BCUT2D eigenvalue weighted by atomic mass is 10.7. The highest BCUT2D eigenvalue weighted by Crippen LogP contribution is 1.43. The summed E-state index contributed by atoms with van der Waals surface area (Å²) in [7, 11) is 0. The molecule has 1 atom stereocenters. The fourth-order valence-corrected chi connectivity index (χ4v) is 0. The van der Waals surface area contributed by atoms with Crippen LogP contribution in [0.25, 0.3) is 0 Å². The van der Waals surface area contributed by atoms with Gasteiger partial charge in [-0.25, -0.2) is 0 Å². The van der Waals surface area contributed by atoms with Gasteiger partial charge >= 0.3 is 5.97 Å². The Morgan fingerprint density at radius 2 is 2.60 bits per heavy atom. The highest BCUT2D eigenvalue weighted by atomic mass is 16.4. The summed E-state index contributed by atoms with van der Waals surface area (Å²) in [6, 6.07) is 0. The molecule has 0 aliphatic carbocycles. The van der Waals surface area contributed by atoms with Gasteiger partial charge in [-0.1, -0.05) is 0 Å². The molecule has 0 aliphatic rings. The Morgan fingerprint density at radius 3 is 2.60 bits per heavy atom. The van der Waals surface area contributed by atoms with Gasteiger partial charge in [0.2, 0.25) is 0 Å². The van der Waals surface area contributed by atoms with E-state index in [9.17, 15) is 4.79 Å². The van der Waals surface area contributed by atoms with Crippen LogP contribution in [0.2, 0.25) is 0 Å². The van der Waals surface area contributed by atoms with E-state index in [-0.39, 0.29) is 0 Å². The first-order valence-corrected chi connectivity index (χ1v) is 1.05. The van der Waals surface area contributed by atoms with Crippen molar-refractivity contribution in [3.8, 4) is 0 Å². The second kappa shape index (κ2) is 1.72. The van der Waals surface area contributed by atoms with Crippen LogP contribution in [-0.4, -0.2) is 17.6 Å². The van der Waals surface area contributed by atoms with Gasteiger partial charge in [-0.2, -0.15) is 0 Å². The first-order chi connectivity index (χ1) is 2.64. The van der Waals surface area contributed by atoms with Crippen molar-refractivity contribution in [2.24, 2.45) is 5.73 Å². The minimum atomic E-state index is -1.48. The van der Waals surface area contributed by atoms with Crippen LogP contribution in [0.3, 0.4) is 0 Å². The number of aliphatic carboxylic acids is 1. The molecule has 0 aromatic heterocycles. The van der Waals surface area contributed by atoms with Gasteiger partial charge < -0.3 is 10.8 Å². The normalized spacial score (nSPS) is 16.6. The molecule has 0 aromatic carbocycles. The predicted octanol–water partition coefficient (Wildman–Crippen LogP) is -0.970. The molecule has 0 aliphatic heterocycles. The van der Waals surface area contributed by atoms with E-state index in [1.54, 1.807) is 0 Å². The molecule has 0 saturated carbocycles. The average molecular weight is 76.1 g/mol. The number of hydrogen-bond acceptors (Lipinski definition) is 2. The zero-order chi connectivity index (χ0) is 5.15. The molecule has 0 spiro atoms. The number of carboxylic acid groups (broad SMARTS) is 1. The minimum absolute atomic E-state index is 1.30. The number of carboxylic acids is 1. The monoisotopic (exact) mass is 76.0 g/mol. The third kappa shape index (κ3) is 3.43. The van der Waals surface area contributed by atoms with E-state index in [2.05, 4.69) is 5.73 Å². The van der Waals surface area contributed by atoms with E-state index >= 15 is 0 Å². The Hall–Kier alpha value is -0.570. The number of rotatable bonds is 1. The van der Waals surface area contributed by atoms with Crippen molar-refractivity contribution in [3.05, 3.63) is 0 Å². The van der Waals surface area contributed by atoms with Crippen molar-refractivity contribution in [2.45, 2.75) is 0 Å². The molecule has 30 valence electrons. The highest BCUT2D eigenvalue weighted by Gasteiger charge is 1.81. The van der Waals surface area contributed by atoms with Gasteiger partial charge in [-0.3, -0.25) is 4.79 Å². The van der Waals surface area contributed by atoms with E-state index in [0.717, 1.165) is 0 Å². The summed E-state index contributed by atoms with van der Waals surface area (Å²) in [6.07, 6.45) is 0. The number of nitrogens with two attached hydrogens (primary N) is 1. The van der Waals surface area contributed by atoms with Crippen LogP contribution >= 0.6 is 0 Å². The molecule has 3 heteroatoms. The van der Waals surface area contributed by atoms with Gasteiger partial charge in [-0.15, -0.1) is 0 Å².